The summed E-state index contributed by atoms with van der Waals surface area (Å²) in [4.78, 5) is 17.5. The van der Waals surface area contributed by atoms with E-state index in [1.165, 1.54) is 16.7 Å². The monoisotopic (exact) mass is 528 g/mol. The molecule has 0 aliphatic carbocycles. The minimum atomic E-state index is -0.135. The van der Waals surface area contributed by atoms with Crippen LogP contribution in [0, 0.1) is 5.92 Å². The van der Waals surface area contributed by atoms with Crippen LogP contribution in [0.4, 0.5) is 0 Å². The number of carbonyl (C=O) groups is 1. The zero-order valence-corrected chi connectivity index (χ0v) is 23.1. The Morgan fingerprint density at radius 2 is 1.49 bits per heavy atom. The van der Waals surface area contributed by atoms with Crippen molar-refractivity contribution in [2.75, 3.05) is 47.0 Å². The molecule has 2 heterocycles. The molecule has 0 radical (unpaired) electrons. The van der Waals surface area contributed by atoms with Crippen molar-refractivity contribution in [2.24, 2.45) is 5.92 Å². The molecule has 3 aromatic carbocycles. The molecule has 5 rings (SSSR count). The first kappa shape index (κ1) is 27.2. The van der Waals surface area contributed by atoms with E-state index in [0.29, 0.717) is 6.54 Å². The van der Waals surface area contributed by atoms with Crippen molar-refractivity contribution in [1.82, 2.24) is 9.80 Å². The second kappa shape index (κ2) is 12.2. The minimum Gasteiger partial charge on any atom is -0.497 e. The number of likely N-dealkylation sites (tertiary alicyclic amines) is 2. The van der Waals surface area contributed by atoms with E-state index in [4.69, 9.17) is 9.47 Å². The summed E-state index contributed by atoms with van der Waals surface area (Å²) >= 11 is 0. The van der Waals surface area contributed by atoms with E-state index < -0.39 is 0 Å². The van der Waals surface area contributed by atoms with Gasteiger partial charge in [-0.05, 0) is 91.2 Å². The smallest absolute Gasteiger partial charge is 0.253 e. The first-order chi connectivity index (χ1) is 19.0. The van der Waals surface area contributed by atoms with Gasteiger partial charge in [0.15, 0.2) is 0 Å². The lowest BCUT2D eigenvalue weighted by Crippen LogP contribution is -2.46. The molecule has 0 bridgehead atoms. The summed E-state index contributed by atoms with van der Waals surface area (Å²) in [6.07, 6.45) is 4.10. The Hall–Kier alpha value is -3.35. The van der Waals surface area contributed by atoms with Crippen LogP contribution in [-0.2, 0) is 12.0 Å². The van der Waals surface area contributed by atoms with Crippen molar-refractivity contribution < 1.29 is 19.4 Å². The predicted molar refractivity (Wildman–Crippen MR) is 153 cm³/mol. The van der Waals surface area contributed by atoms with Crippen LogP contribution < -0.4 is 9.47 Å². The average molecular weight is 529 g/mol. The van der Waals surface area contributed by atoms with Crippen LogP contribution in [0.1, 0.15) is 52.7 Å². The van der Waals surface area contributed by atoms with Crippen LogP contribution in [0.15, 0.2) is 72.8 Å². The third kappa shape index (κ3) is 5.97. The van der Waals surface area contributed by atoms with E-state index in [9.17, 15) is 9.90 Å². The van der Waals surface area contributed by atoms with E-state index in [2.05, 4.69) is 65.6 Å². The number of ether oxygens (including phenoxy) is 2. The molecular weight excluding hydrogens is 488 g/mol. The zero-order chi connectivity index (χ0) is 27.2. The number of piperidine rings is 2. The van der Waals surface area contributed by atoms with Gasteiger partial charge >= 0.3 is 0 Å². The first-order valence-corrected chi connectivity index (χ1v) is 14.0. The molecule has 2 fully saturated rings. The van der Waals surface area contributed by atoms with Crippen molar-refractivity contribution in [2.45, 2.75) is 37.6 Å². The summed E-state index contributed by atoms with van der Waals surface area (Å²) in [5.74, 6) is 1.98. The Bertz CT molecular complexity index is 1180. The number of benzene rings is 3. The molecule has 2 aliphatic rings. The molecule has 6 heteroatoms. The number of methoxy groups -OCH3 is 2. The van der Waals surface area contributed by atoms with Gasteiger partial charge < -0.3 is 19.5 Å². The number of hydrogen-bond acceptors (Lipinski definition) is 5. The molecule has 0 aromatic heterocycles. The Kier molecular flexibility index (Phi) is 8.53. The van der Waals surface area contributed by atoms with Crippen molar-refractivity contribution in [3.8, 4) is 11.5 Å². The van der Waals surface area contributed by atoms with Crippen LogP contribution in [0.3, 0.4) is 0 Å². The average Bonchev–Trinajstić information content (AvgIpc) is 3.01. The highest BCUT2D eigenvalue weighted by atomic mass is 16.5. The Labute approximate surface area is 232 Å². The molecule has 0 saturated carbocycles. The molecule has 1 unspecified atom stereocenters. The third-order valence-corrected chi connectivity index (χ3v) is 8.53. The van der Waals surface area contributed by atoms with Crippen LogP contribution in [0.25, 0.3) is 0 Å². The SMILES string of the molecule is COc1ccc(C2(c3ccc(OC)cc3)CCCN(Cc3ccc(C(=O)N4CCCC(CO)C4)cc3)C2)cc1. The van der Waals surface area contributed by atoms with Gasteiger partial charge in [0.05, 0.1) is 14.2 Å². The van der Waals surface area contributed by atoms with Gasteiger partial charge in [0, 0.05) is 43.8 Å². The van der Waals surface area contributed by atoms with Gasteiger partial charge in [0.2, 0.25) is 0 Å². The lowest BCUT2D eigenvalue weighted by Gasteiger charge is -2.44. The van der Waals surface area contributed by atoms with Gasteiger partial charge in [0.1, 0.15) is 11.5 Å². The van der Waals surface area contributed by atoms with Crippen molar-refractivity contribution in [1.29, 1.82) is 0 Å². The topological polar surface area (TPSA) is 62.2 Å². The molecule has 206 valence electrons. The molecule has 39 heavy (non-hydrogen) atoms. The maximum Gasteiger partial charge on any atom is 0.253 e. The van der Waals surface area contributed by atoms with Crippen LogP contribution >= 0.6 is 0 Å². The molecule has 1 amide bonds. The number of hydrogen-bond donors (Lipinski definition) is 1. The molecule has 6 nitrogen and oxygen atoms in total. The molecule has 0 spiro atoms. The second-order valence-corrected chi connectivity index (χ2v) is 11.0. The standard InChI is InChI=1S/C33H40N2O4/c1-38-30-14-10-28(11-15-30)33(29-12-16-31(39-2)17-13-29)18-4-19-34(24-33)21-25-6-8-27(9-7-25)32(37)35-20-3-5-26(22-35)23-36/h6-17,26,36H,3-5,18-24H2,1-2H3. The Balaban J connectivity index is 1.34. The van der Waals surface area contributed by atoms with Crippen LogP contribution in [0.5, 0.6) is 11.5 Å². The fraction of sp³-hybridized carbons (Fsp3) is 0.424. The van der Waals surface area contributed by atoms with Crippen LogP contribution in [0.2, 0.25) is 0 Å². The van der Waals surface area contributed by atoms with Crippen molar-refractivity contribution in [3.05, 3.63) is 95.1 Å². The number of nitrogens with zero attached hydrogens (tertiary/aromatic N) is 2. The van der Waals surface area contributed by atoms with E-state index in [0.717, 1.165) is 68.9 Å². The van der Waals surface area contributed by atoms with Crippen molar-refractivity contribution >= 4 is 5.91 Å². The van der Waals surface area contributed by atoms with E-state index >= 15 is 0 Å². The summed E-state index contributed by atoms with van der Waals surface area (Å²) in [6.45, 7) is 4.33. The molecule has 3 aromatic rings. The number of aliphatic hydroxyl groups is 1. The molecule has 1 N–H and O–H groups in total. The summed E-state index contributed by atoms with van der Waals surface area (Å²) < 4.78 is 10.9. The molecule has 2 saturated heterocycles. The van der Waals surface area contributed by atoms with Gasteiger partial charge in [-0.3, -0.25) is 9.69 Å². The number of aliphatic hydroxyl groups excluding tert-OH is 1. The molecule has 2 aliphatic heterocycles. The van der Waals surface area contributed by atoms with Gasteiger partial charge in [-0.25, -0.2) is 0 Å². The van der Waals surface area contributed by atoms with Gasteiger partial charge in [-0.15, -0.1) is 0 Å². The van der Waals surface area contributed by atoms with E-state index in [-0.39, 0.29) is 23.8 Å². The summed E-state index contributed by atoms with van der Waals surface area (Å²) in [5, 5.41) is 9.53. The zero-order valence-electron chi connectivity index (χ0n) is 23.1. The predicted octanol–water partition coefficient (Wildman–Crippen LogP) is 5.13. The fourth-order valence-electron chi connectivity index (χ4n) is 6.33. The Morgan fingerprint density at radius 1 is 0.872 bits per heavy atom. The number of rotatable bonds is 8. The van der Waals surface area contributed by atoms with Gasteiger partial charge in [-0.1, -0.05) is 36.4 Å². The second-order valence-electron chi connectivity index (χ2n) is 11.0. The number of amides is 1. The lowest BCUT2D eigenvalue weighted by molar-refractivity contribution is 0.0620. The van der Waals surface area contributed by atoms with E-state index in [1.807, 2.05) is 17.0 Å². The maximum absolute atomic E-state index is 13.1. The normalized spacial score (nSPS) is 19.5. The molecular formula is C33H40N2O4. The van der Waals surface area contributed by atoms with E-state index in [1.54, 1.807) is 14.2 Å². The highest BCUT2D eigenvalue weighted by Gasteiger charge is 2.39. The van der Waals surface area contributed by atoms with Crippen LogP contribution in [-0.4, -0.2) is 67.8 Å². The van der Waals surface area contributed by atoms with Gasteiger partial charge in [0.25, 0.3) is 5.91 Å². The summed E-state index contributed by atoms with van der Waals surface area (Å²) in [7, 11) is 3.40. The summed E-state index contributed by atoms with van der Waals surface area (Å²) in [5.41, 5.74) is 4.38. The third-order valence-electron chi connectivity index (χ3n) is 8.53. The highest BCUT2D eigenvalue weighted by molar-refractivity contribution is 5.94. The first-order valence-electron chi connectivity index (χ1n) is 14.0. The van der Waals surface area contributed by atoms with Crippen molar-refractivity contribution in [3.63, 3.8) is 0 Å². The lowest BCUT2D eigenvalue weighted by atomic mass is 9.69. The quantitative estimate of drug-likeness (QED) is 0.439. The highest BCUT2D eigenvalue weighted by Crippen LogP contribution is 2.42. The van der Waals surface area contributed by atoms with Gasteiger partial charge in [-0.2, -0.15) is 0 Å². The Morgan fingerprint density at radius 3 is 2.05 bits per heavy atom. The fourth-order valence-corrected chi connectivity index (χ4v) is 6.33. The molecule has 1 atom stereocenters. The summed E-state index contributed by atoms with van der Waals surface area (Å²) in [6, 6.07) is 25.2. The number of carbonyl (C=O) groups excluding carboxylic acids is 1. The largest absolute Gasteiger partial charge is 0.497 e. The minimum absolute atomic E-state index is 0.0655. The maximum atomic E-state index is 13.1.